The van der Waals surface area contributed by atoms with Gasteiger partial charge in [-0.2, -0.15) is 0 Å². The van der Waals surface area contributed by atoms with Crippen molar-refractivity contribution < 1.29 is 24.1 Å². The van der Waals surface area contributed by atoms with Crippen molar-refractivity contribution in [2.45, 2.75) is 70.8 Å². The standard InChI is InChI=1S/C21H31NO5/c1-19(2,3)27-18(24)22-21(12-25-20(4,5)26-13-21)16-8-6-15-11-17(23)9-7-14(15)10-16/h7,9,11,16,23H,6,8,10,12-13H2,1-5H3,(H,22,24)/t16-/m1/s1. The summed E-state index contributed by atoms with van der Waals surface area (Å²) in [4.78, 5) is 12.5. The van der Waals surface area contributed by atoms with Gasteiger partial charge in [-0.1, -0.05) is 6.07 Å². The lowest BCUT2D eigenvalue weighted by Gasteiger charge is -2.49. The van der Waals surface area contributed by atoms with Gasteiger partial charge in [-0.05, 0) is 83.1 Å². The van der Waals surface area contributed by atoms with Crippen LogP contribution in [0.15, 0.2) is 18.2 Å². The molecule has 1 atom stereocenters. The maximum absolute atomic E-state index is 12.5. The monoisotopic (exact) mass is 377 g/mol. The Labute approximate surface area is 161 Å². The molecule has 1 aromatic carbocycles. The van der Waals surface area contributed by atoms with Gasteiger partial charge in [0.05, 0.1) is 18.8 Å². The Kier molecular flexibility index (Phi) is 5.16. The van der Waals surface area contributed by atoms with Gasteiger partial charge in [-0.15, -0.1) is 0 Å². The highest BCUT2D eigenvalue weighted by molar-refractivity contribution is 5.69. The number of benzene rings is 1. The third-order valence-corrected chi connectivity index (χ3v) is 5.30. The van der Waals surface area contributed by atoms with Crippen molar-refractivity contribution in [1.82, 2.24) is 5.32 Å². The molecule has 1 fully saturated rings. The molecule has 1 amide bonds. The SMILES string of the molecule is CC(C)(C)OC(=O)NC1([C@@H]2CCc3cc(O)ccc3C2)COC(C)(C)OC1. The molecule has 0 radical (unpaired) electrons. The maximum atomic E-state index is 12.5. The average Bonchev–Trinajstić information content (AvgIpc) is 2.55. The molecule has 0 saturated carbocycles. The van der Waals surface area contributed by atoms with E-state index in [9.17, 15) is 9.90 Å². The van der Waals surface area contributed by atoms with E-state index in [-0.39, 0.29) is 5.92 Å². The molecule has 150 valence electrons. The Morgan fingerprint density at radius 2 is 1.89 bits per heavy atom. The van der Waals surface area contributed by atoms with Crippen molar-refractivity contribution >= 4 is 6.09 Å². The number of hydrogen-bond donors (Lipinski definition) is 2. The maximum Gasteiger partial charge on any atom is 0.408 e. The summed E-state index contributed by atoms with van der Waals surface area (Å²) < 4.78 is 17.4. The number of alkyl carbamates (subject to hydrolysis) is 1. The van der Waals surface area contributed by atoms with Crippen molar-refractivity contribution in [2.24, 2.45) is 5.92 Å². The number of phenolic OH excluding ortho intramolecular Hbond substituents is 1. The minimum Gasteiger partial charge on any atom is -0.508 e. The van der Waals surface area contributed by atoms with Gasteiger partial charge in [0.15, 0.2) is 5.79 Å². The number of carbonyl (C=O) groups is 1. The summed E-state index contributed by atoms with van der Waals surface area (Å²) in [5.74, 6) is -0.227. The first-order chi connectivity index (χ1) is 12.5. The van der Waals surface area contributed by atoms with E-state index in [1.165, 1.54) is 5.56 Å². The summed E-state index contributed by atoms with van der Waals surface area (Å²) in [6.07, 6.45) is 2.05. The number of ether oxygens (including phenoxy) is 3. The van der Waals surface area contributed by atoms with Gasteiger partial charge in [-0.25, -0.2) is 4.79 Å². The number of nitrogens with one attached hydrogen (secondary N) is 1. The van der Waals surface area contributed by atoms with E-state index in [4.69, 9.17) is 14.2 Å². The molecule has 0 aromatic heterocycles. The molecule has 27 heavy (non-hydrogen) atoms. The van der Waals surface area contributed by atoms with E-state index < -0.39 is 23.0 Å². The molecule has 1 saturated heterocycles. The second-order valence-electron chi connectivity index (χ2n) is 9.15. The number of phenols is 1. The zero-order valence-electron chi connectivity index (χ0n) is 16.9. The Morgan fingerprint density at radius 1 is 1.22 bits per heavy atom. The molecular weight excluding hydrogens is 346 g/mol. The van der Waals surface area contributed by atoms with Gasteiger partial charge in [0.1, 0.15) is 11.4 Å². The number of hydrogen-bond acceptors (Lipinski definition) is 5. The minimum atomic E-state index is -0.669. The number of fused-ring (bicyclic) bond motifs is 1. The zero-order chi connectivity index (χ0) is 19.9. The van der Waals surface area contributed by atoms with Crippen LogP contribution < -0.4 is 5.32 Å². The Bertz CT molecular complexity index is 697. The fourth-order valence-electron chi connectivity index (χ4n) is 3.82. The van der Waals surface area contributed by atoms with Gasteiger partial charge >= 0.3 is 6.09 Å². The summed E-state index contributed by atoms with van der Waals surface area (Å²) in [6.45, 7) is 10.0. The predicted molar refractivity (Wildman–Crippen MR) is 102 cm³/mol. The lowest BCUT2D eigenvalue weighted by Crippen LogP contribution is -2.66. The van der Waals surface area contributed by atoms with Crippen molar-refractivity contribution in [1.29, 1.82) is 0 Å². The summed E-state index contributed by atoms with van der Waals surface area (Å²) in [7, 11) is 0. The third-order valence-electron chi connectivity index (χ3n) is 5.30. The average molecular weight is 377 g/mol. The molecule has 0 unspecified atom stereocenters. The van der Waals surface area contributed by atoms with Gasteiger partial charge < -0.3 is 24.6 Å². The highest BCUT2D eigenvalue weighted by Gasteiger charge is 2.48. The van der Waals surface area contributed by atoms with E-state index >= 15 is 0 Å². The first kappa shape index (κ1) is 20.0. The van der Waals surface area contributed by atoms with Crippen LogP contribution in [0.3, 0.4) is 0 Å². The Balaban J connectivity index is 1.82. The van der Waals surface area contributed by atoms with Crippen molar-refractivity contribution in [3.05, 3.63) is 29.3 Å². The number of carbonyl (C=O) groups excluding carboxylic acids is 1. The molecule has 0 spiro atoms. The first-order valence-electron chi connectivity index (χ1n) is 9.58. The largest absolute Gasteiger partial charge is 0.508 e. The molecule has 0 bridgehead atoms. The molecule has 1 heterocycles. The normalized spacial score (nSPS) is 24.0. The van der Waals surface area contributed by atoms with E-state index in [0.717, 1.165) is 24.8 Å². The predicted octanol–water partition coefficient (Wildman–Crippen LogP) is 3.54. The van der Waals surface area contributed by atoms with Gasteiger partial charge in [0.2, 0.25) is 0 Å². The highest BCUT2D eigenvalue weighted by Crippen LogP contribution is 2.38. The van der Waals surface area contributed by atoms with Gasteiger partial charge in [0, 0.05) is 0 Å². The van der Waals surface area contributed by atoms with Gasteiger partial charge in [-0.3, -0.25) is 0 Å². The van der Waals surface area contributed by atoms with Crippen LogP contribution in [0.1, 0.15) is 52.2 Å². The molecule has 1 aromatic rings. The Hall–Kier alpha value is -1.79. The van der Waals surface area contributed by atoms with Crippen LogP contribution in [-0.4, -0.2) is 41.3 Å². The van der Waals surface area contributed by atoms with Gasteiger partial charge in [0.25, 0.3) is 0 Å². The highest BCUT2D eigenvalue weighted by atomic mass is 16.7. The summed E-state index contributed by atoms with van der Waals surface area (Å²) in [5, 5.41) is 12.8. The third kappa shape index (κ3) is 4.74. The smallest absolute Gasteiger partial charge is 0.408 e. The lowest BCUT2D eigenvalue weighted by molar-refractivity contribution is -0.277. The molecule has 6 heteroatoms. The molecule has 1 aliphatic carbocycles. The van der Waals surface area contributed by atoms with Crippen LogP contribution in [0.25, 0.3) is 0 Å². The van der Waals surface area contributed by atoms with Crippen LogP contribution >= 0.6 is 0 Å². The summed E-state index contributed by atoms with van der Waals surface area (Å²) in [5.41, 5.74) is 1.14. The number of rotatable bonds is 2. The molecule has 1 aliphatic heterocycles. The quantitative estimate of drug-likeness (QED) is 0.824. The molecule has 2 aliphatic rings. The van der Waals surface area contributed by atoms with Crippen LogP contribution in [0.4, 0.5) is 4.79 Å². The van der Waals surface area contributed by atoms with Crippen LogP contribution in [0, 0.1) is 5.92 Å². The fraction of sp³-hybridized carbons (Fsp3) is 0.667. The van der Waals surface area contributed by atoms with Crippen molar-refractivity contribution in [2.75, 3.05) is 13.2 Å². The molecule has 6 nitrogen and oxygen atoms in total. The number of amides is 1. The minimum absolute atomic E-state index is 0.151. The number of aryl methyl sites for hydroxylation is 1. The van der Waals surface area contributed by atoms with Crippen LogP contribution in [0.5, 0.6) is 5.75 Å². The van der Waals surface area contributed by atoms with Crippen LogP contribution in [0.2, 0.25) is 0 Å². The zero-order valence-corrected chi connectivity index (χ0v) is 16.9. The second-order valence-corrected chi connectivity index (χ2v) is 9.15. The molecule has 2 N–H and O–H groups in total. The van der Waals surface area contributed by atoms with E-state index in [0.29, 0.717) is 19.0 Å². The lowest BCUT2D eigenvalue weighted by atomic mass is 9.72. The molecule has 3 rings (SSSR count). The first-order valence-corrected chi connectivity index (χ1v) is 9.58. The topological polar surface area (TPSA) is 77.0 Å². The van der Waals surface area contributed by atoms with E-state index in [1.54, 1.807) is 6.07 Å². The molecular formula is C21H31NO5. The summed E-state index contributed by atoms with van der Waals surface area (Å²) in [6, 6.07) is 5.51. The number of aromatic hydroxyl groups is 1. The van der Waals surface area contributed by atoms with E-state index in [2.05, 4.69) is 5.32 Å². The fourth-order valence-corrected chi connectivity index (χ4v) is 3.82. The summed E-state index contributed by atoms with van der Waals surface area (Å²) >= 11 is 0. The van der Waals surface area contributed by atoms with Crippen LogP contribution in [-0.2, 0) is 27.1 Å². The Morgan fingerprint density at radius 3 is 2.52 bits per heavy atom. The van der Waals surface area contributed by atoms with Crippen molar-refractivity contribution in [3.63, 3.8) is 0 Å². The second kappa shape index (κ2) is 6.99. The van der Waals surface area contributed by atoms with Crippen molar-refractivity contribution in [3.8, 4) is 5.75 Å². The van der Waals surface area contributed by atoms with E-state index in [1.807, 2.05) is 46.8 Å².